The van der Waals surface area contributed by atoms with Crippen LogP contribution in [0.15, 0.2) is 23.1 Å². The third-order valence-corrected chi connectivity index (χ3v) is 4.42. The van der Waals surface area contributed by atoms with E-state index in [1.165, 1.54) is 12.1 Å². The van der Waals surface area contributed by atoms with Crippen LogP contribution in [0, 0.1) is 10.1 Å². The Balaban J connectivity index is 0.00000361. The van der Waals surface area contributed by atoms with Gasteiger partial charge in [-0.15, -0.1) is 12.4 Å². The predicted octanol–water partition coefficient (Wildman–Crippen LogP) is 1.56. The molecule has 0 aromatic heterocycles. The number of sulfonamides is 1. The fraction of sp³-hybridized carbons (Fsp3) is 0.400. The molecule has 114 valence electrons. The van der Waals surface area contributed by atoms with Gasteiger partial charge in [-0.1, -0.05) is 17.7 Å². The average Bonchev–Trinajstić information content (AvgIpc) is 2.35. The van der Waals surface area contributed by atoms with E-state index in [2.05, 4.69) is 10.0 Å². The van der Waals surface area contributed by atoms with Crippen LogP contribution in [0.4, 0.5) is 5.69 Å². The van der Waals surface area contributed by atoms with Gasteiger partial charge < -0.3 is 5.32 Å². The molecule has 0 saturated carbocycles. The molecule has 0 fully saturated rings. The number of benzene rings is 1. The van der Waals surface area contributed by atoms with E-state index in [1.54, 1.807) is 14.0 Å². The number of halogens is 2. The van der Waals surface area contributed by atoms with Crippen LogP contribution >= 0.6 is 24.0 Å². The van der Waals surface area contributed by atoms with Crippen LogP contribution in [0.2, 0.25) is 5.02 Å². The van der Waals surface area contributed by atoms with Crippen LogP contribution in [-0.4, -0.2) is 33.0 Å². The number of nitrogens with one attached hydrogen (secondary N) is 2. The van der Waals surface area contributed by atoms with Gasteiger partial charge in [-0.3, -0.25) is 10.1 Å². The van der Waals surface area contributed by atoms with Crippen LogP contribution in [0.1, 0.15) is 6.92 Å². The van der Waals surface area contributed by atoms with E-state index in [0.29, 0.717) is 0 Å². The molecule has 1 atom stereocenters. The van der Waals surface area contributed by atoms with Crippen molar-refractivity contribution >= 4 is 39.7 Å². The lowest BCUT2D eigenvalue weighted by Gasteiger charge is -2.12. The zero-order chi connectivity index (χ0) is 14.6. The molecule has 0 amide bonds. The first-order valence-electron chi connectivity index (χ1n) is 5.39. The van der Waals surface area contributed by atoms with Gasteiger partial charge in [-0.05, 0) is 20.0 Å². The van der Waals surface area contributed by atoms with Crippen LogP contribution in [0.25, 0.3) is 0 Å². The molecule has 0 aliphatic heterocycles. The first-order valence-corrected chi connectivity index (χ1v) is 7.25. The maximum atomic E-state index is 12.1. The van der Waals surface area contributed by atoms with E-state index >= 15 is 0 Å². The Morgan fingerprint density at radius 1 is 1.45 bits per heavy atom. The van der Waals surface area contributed by atoms with Crippen molar-refractivity contribution in [2.24, 2.45) is 0 Å². The molecule has 0 radical (unpaired) electrons. The van der Waals surface area contributed by atoms with Crippen LogP contribution in [-0.2, 0) is 10.0 Å². The monoisotopic (exact) mass is 343 g/mol. The van der Waals surface area contributed by atoms with E-state index in [-0.39, 0.29) is 30.0 Å². The lowest BCUT2D eigenvalue weighted by molar-refractivity contribution is -0.387. The Morgan fingerprint density at radius 2 is 2.05 bits per heavy atom. The van der Waals surface area contributed by atoms with E-state index in [4.69, 9.17) is 11.6 Å². The van der Waals surface area contributed by atoms with Gasteiger partial charge in [0.25, 0.3) is 5.69 Å². The van der Waals surface area contributed by atoms with Gasteiger partial charge in [0.2, 0.25) is 10.0 Å². The van der Waals surface area contributed by atoms with Crippen molar-refractivity contribution < 1.29 is 13.3 Å². The van der Waals surface area contributed by atoms with Crippen molar-refractivity contribution in [3.63, 3.8) is 0 Å². The van der Waals surface area contributed by atoms with Gasteiger partial charge in [0.05, 0.1) is 9.95 Å². The summed E-state index contributed by atoms with van der Waals surface area (Å²) in [6.45, 7) is 1.87. The lowest BCUT2D eigenvalue weighted by Crippen LogP contribution is -2.37. The minimum absolute atomic E-state index is 0. The minimum atomic E-state index is -4.04. The number of hydrogen-bond donors (Lipinski definition) is 2. The van der Waals surface area contributed by atoms with Crippen LogP contribution in [0.3, 0.4) is 0 Å². The molecule has 10 heteroatoms. The number of nitro benzene ring substituents is 1. The smallest absolute Gasteiger partial charge is 0.290 e. The van der Waals surface area contributed by atoms with Gasteiger partial charge in [-0.25, -0.2) is 13.1 Å². The molecule has 1 aromatic carbocycles. The molecule has 0 aliphatic carbocycles. The second-order valence-corrected chi connectivity index (χ2v) is 6.00. The van der Waals surface area contributed by atoms with Gasteiger partial charge >= 0.3 is 0 Å². The van der Waals surface area contributed by atoms with Gasteiger partial charge in [0.15, 0.2) is 4.90 Å². The van der Waals surface area contributed by atoms with Crippen molar-refractivity contribution in [2.75, 3.05) is 13.6 Å². The van der Waals surface area contributed by atoms with Crippen molar-refractivity contribution in [1.29, 1.82) is 0 Å². The van der Waals surface area contributed by atoms with Crippen molar-refractivity contribution in [3.8, 4) is 0 Å². The summed E-state index contributed by atoms with van der Waals surface area (Å²) in [5.74, 6) is 0. The van der Waals surface area contributed by atoms with Crippen molar-refractivity contribution in [2.45, 2.75) is 17.9 Å². The van der Waals surface area contributed by atoms with Gasteiger partial charge in [-0.2, -0.15) is 0 Å². The Bertz CT molecular complexity index is 580. The number of nitrogens with zero attached hydrogens (tertiary/aromatic N) is 1. The van der Waals surface area contributed by atoms with Crippen molar-refractivity contribution in [1.82, 2.24) is 10.0 Å². The molecule has 0 spiro atoms. The molecule has 2 N–H and O–H groups in total. The van der Waals surface area contributed by atoms with Crippen molar-refractivity contribution in [3.05, 3.63) is 33.3 Å². The van der Waals surface area contributed by atoms with Crippen LogP contribution in [0.5, 0.6) is 0 Å². The SMILES string of the molecule is CNC(C)CNS(=O)(=O)c1c(Cl)cccc1[N+](=O)[O-].Cl. The lowest BCUT2D eigenvalue weighted by atomic mass is 10.3. The second kappa shape index (κ2) is 7.75. The number of nitro groups is 1. The summed E-state index contributed by atoms with van der Waals surface area (Å²) in [5, 5.41) is 13.5. The zero-order valence-electron chi connectivity index (χ0n) is 10.8. The molecule has 1 rings (SSSR count). The van der Waals surface area contributed by atoms with Crippen LogP contribution < -0.4 is 10.0 Å². The van der Waals surface area contributed by atoms with E-state index in [9.17, 15) is 18.5 Å². The van der Waals surface area contributed by atoms with Gasteiger partial charge in [0.1, 0.15) is 0 Å². The number of hydrogen-bond acceptors (Lipinski definition) is 5. The third kappa shape index (κ3) is 4.57. The summed E-state index contributed by atoms with van der Waals surface area (Å²) >= 11 is 5.77. The molecule has 1 aromatic rings. The standard InChI is InChI=1S/C10H14ClN3O4S.ClH/c1-7(12-2)6-13-19(17,18)10-8(11)4-3-5-9(10)14(15)16;/h3-5,7,12-13H,6H2,1-2H3;1H. The number of likely N-dealkylation sites (N-methyl/N-ethyl adjacent to an activating group) is 1. The largest absolute Gasteiger partial charge is 0.316 e. The fourth-order valence-corrected chi connectivity index (χ4v) is 3.15. The summed E-state index contributed by atoms with van der Waals surface area (Å²) in [5.41, 5.74) is -0.544. The third-order valence-electron chi connectivity index (χ3n) is 2.48. The molecule has 0 bridgehead atoms. The Labute approximate surface area is 128 Å². The molecule has 0 aliphatic rings. The summed E-state index contributed by atoms with van der Waals surface area (Å²) < 4.78 is 26.4. The summed E-state index contributed by atoms with van der Waals surface area (Å²) in [6, 6.07) is 3.61. The maximum absolute atomic E-state index is 12.1. The normalized spacial score (nSPS) is 12.6. The Hall–Kier alpha value is -0.930. The highest BCUT2D eigenvalue weighted by molar-refractivity contribution is 7.89. The summed E-state index contributed by atoms with van der Waals surface area (Å²) in [6.07, 6.45) is 0. The van der Waals surface area contributed by atoms with E-state index < -0.39 is 25.5 Å². The average molecular weight is 344 g/mol. The highest BCUT2D eigenvalue weighted by Gasteiger charge is 2.28. The number of rotatable bonds is 6. The Morgan fingerprint density at radius 3 is 2.55 bits per heavy atom. The maximum Gasteiger partial charge on any atom is 0.290 e. The second-order valence-electron chi connectivity index (χ2n) is 3.89. The molecule has 20 heavy (non-hydrogen) atoms. The summed E-state index contributed by atoms with van der Waals surface area (Å²) in [4.78, 5) is 9.57. The predicted molar refractivity (Wildman–Crippen MR) is 79.1 cm³/mol. The topological polar surface area (TPSA) is 101 Å². The first-order chi connectivity index (χ1) is 8.79. The molecular formula is C10H15Cl2N3O4S. The highest BCUT2D eigenvalue weighted by atomic mass is 35.5. The molecular weight excluding hydrogens is 329 g/mol. The molecule has 0 heterocycles. The van der Waals surface area contributed by atoms with E-state index in [1.807, 2.05) is 0 Å². The van der Waals surface area contributed by atoms with E-state index in [0.717, 1.165) is 6.07 Å². The zero-order valence-corrected chi connectivity index (χ0v) is 13.2. The first kappa shape index (κ1) is 19.1. The quantitative estimate of drug-likeness (QED) is 0.602. The summed E-state index contributed by atoms with van der Waals surface area (Å²) in [7, 11) is -2.36. The molecule has 0 saturated heterocycles. The Kier molecular flexibility index (Phi) is 7.39. The fourth-order valence-electron chi connectivity index (χ4n) is 1.32. The van der Waals surface area contributed by atoms with Gasteiger partial charge in [0, 0.05) is 18.7 Å². The minimum Gasteiger partial charge on any atom is -0.316 e. The highest BCUT2D eigenvalue weighted by Crippen LogP contribution is 2.30. The molecule has 7 nitrogen and oxygen atoms in total. The molecule has 1 unspecified atom stereocenters.